The molecule has 0 aliphatic rings. The number of aromatic nitrogens is 2. The lowest BCUT2D eigenvalue weighted by Gasteiger charge is -2.08. The summed E-state index contributed by atoms with van der Waals surface area (Å²) in [6.07, 6.45) is 3.53. The van der Waals surface area contributed by atoms with E-state index in [1.165, 1.54) is 0 Å². The summed E-state index contributed by atoms with van der Waals surface area (Å²) in [5.74, 6) is -0.266. The second kappa shape index (κ2) is 8.22. The van der Waals surface area contributed by atoms with Gasteiger partial charge in [0, 0.05) is 39.1 Å². The van der Waals surface area contributed by atoms with E-state index in [0.29, 0.717) is 16.3 Å². The van der Waals surface area contributed by atoms with Crippen LogP contribution < -0.4 is 5.32 Å². The zero-order valence-electron chi connectivity index (χ0n) is 14.4. The molecule has 1 N–H and O–H groups in total. The number of pyridine rings is 1. The van der Waals surface area contributed by atoms with Crippen molar-refractivity contribution in [2.75, 3.05) is 5.32 Å². The first-order valence-electron chi connectivity index (χ1n) is 8.33. The summed E-state index contributed by atoms with van der Waals surface area (Å²) in [6.45, 7) is 0. The molecule has 0 bridgehead atoms. The zero-order valence-corrected chi connectivity index (χ0v) is 17.6. The Morgan fingerprint density at radius 3 is 2.75 bits per heavy atom. The summed E-state index contributed by atoms with van der Waals surface area (Å²) in [5.41, 5.74) is 3.83. The van der Waals surface area contributed by atoms with Gasteiger partial charge in [-0.15, -0.1) is 11.3 Å². The molecule has 1 amide bonds. The number of nitrogens with one attached hydrogen (secondary N) is 1. The first-order chi connectivity index (χ1) is 13.6. The van der Waals surface area contributed by atoms with Gasteiger partial charge in [-0.05, 0) is 42.5 Å². The third kappa shape index (κ3) is 4.14. The van der Waals surface area contributed by atoms with Crippen LogP contribution in [0.25, 0.3) is 21.8 Å². The molecule has 0 atom stereocenters. The molecule has 4 aromatic rings. The number of hydrogen-bond acceptors (Lipinski definition) is 4. The predicted octanol–water partition coefficient (Wildman–Crippen LogP) is 6.54. The molecular formula is C21H13BrClN3OS. The fourth-order valence-electron chi connectivity index (χ4n) is 2.65. The second-order valence-electron chi connectivity index (χ2n) is 5.94. The minimum atomic E-state index is -0.266. The molecule has 4 rings (SSSR count). The van der Waals surface area contributed by atoms with E-state index in [4.69, 9.17) is 16.6 Å². The van der Waals surface area contributed by atoms with Crippen LogP contribution in [-0.2, 0) is 0 Å². The number of benzene rings is 2. The van der Waals surface area contributed by atoms with Crippen LogP contribution >= 0.6 is 38.9 Å². The third-order valence-corrected chi connectivity index (χ3v) is 5.72. The Morgan fingerprint density at radius 1 is 1.07 bits per heavy atom. The minimum Gasteiger partial charge on any atom is -0.322 e. The lowest BCUT2D eigenvalue weighted by atomic mass is 10.1. The number of carbonyl (C=O) groups excluding carboxylic acids is 1. The van der Waals surface area contributed by atoms with Crippen molar-refractivity contribution in [1.82, 2.24) is 9.97 Å². The molecule has 7 heteroatoms. The number of hydrogen-bond donors (Lipinski definition) is 1. The molecule has 2 heterocycles. The van der Waals surface area contributed by atoms with Crippen molar-refractivity contribution >= 4 is 50.5 Å². The van der Waals surface area contributed by atoms with Crippen molar-refractivity contribution in [2.24, 2.45) is 0 Å². The summed E-state index contributed by atoms with van der Waals surface area (Å²) in [4.78, 5) is 21.4. The van der Waals surface area contributed by atoms with Gasteiger partial charge in [-0.2, -0.15) is 0 Å². The van der Waals surface area contributed by atoms with E-state index in [-0.39, 0.29) is 5.91 Å². The molecule has 0 unspecified atom stereocenters. The Bertz CT molecular complexity index is 1150. The van der Waals surface area contributed by atoms with E-state index in [9.17, 15) is 4.79 Å². The first-order valence-corrected chi connectivity index (χ1v) is 10.4. The van der Waals surface area contributed by atoms with Crippen LogP contribution in [0.15, 0.2) is 76.8 Å². The summed E-state index contributed by atoms with van der Waals surface area (Å²) < 4.78 is 0.793. The minimum absolute atomic E-state index is 0.266. The van der Waals surface area contributed by atoms with Crippen LogP contribution in [0.3, 0.4) is 0 Å². The van der Waals surface area contributed by atoms with Gasteiger partial charge in [0.25, 0.3) is 5.91 Å². The van der Waals surface area contributed by atoms with E-state index < -0.39 is 0 Å². The molecule has 0 saturated carbocycles. The molecular weight excluding hydrogens is 458 g/mol. The van der Waals surface area contributed by atoms with Crippen LogP contribution in [0.1, 0.15) is 10.4 Å². The van der Waals surface area contributed by atoms with Crippen molar-refractivity contribution in [3.05, 3.63) is 87.4 Å². The van der Waals surface area contributed by atoms with Crippen LogP contribution in [0.2, 0.25) is 5.02 Å². The number of anilines is 1. The van der Waals surface area contributed by atoms with Gasteiger partial charge in [-0.1, -0.05) is 39.7 Å². The van der Waals surface area contributed by atoms with Gasteiger partial charge in [0.2, 0.25) is 0 Å². The maximum Gasteiger partial charge on any atom is 0.257 e. The Hall–Kier alpha value is -2.54. The Labute approximate surface area is 179 Å². The molecule has 0 radical (unpaired) electrons. The number of amides is 1. The molecule has 138 valence electrons. The second-order valence-corrected chi connectivity index (χ2v) is 8.12. The third-order valence-electron chi connectivity index (χ3n) is 4.00. The number of carbonyl (C=O) groups is 1. The van der Waals surface area contributed by atoms with Crippen molar-refractivity contribution < 1.29 is 4.79 Å². The highest BCUT2D eigenvalue weighted by Gasteiger charge is 2.12. The van der Waals surface area contributed by atoms with E-state index >= 15 is 0 Å². The van der Waals surface area contributed by atoms with Gasteiger partial charge < -0.3 is 5.32 Å². The van der Waals surface area contributed by atoms with Gasteiger partial charge in [-0.3, -0.25) is 9.78 Å². The molecule has 0 saturated heterocycles. The highest BCUT2D eigenvalue weighted by Crippen LogP contribution is 2.30. The highest BCUT2D eigenvalue weighted by atomic mass is 79.9. The Kier molecular flexibility index (Phi) is 5.52. The van der Waals surface area contributed by atoms with E-state index in [1.54, 1.807) is 41.9 Å². The van der Waals surface area contributed by atoms with Crippen LogP contribution in [0.4, 0.5) is 5.69 Å². The van der Waals surface area contributed by atoms with E-state index in [2.05, 4.69) is 26.2 Å². The summed E-state index contributed by atoms with van der Waals surface area (Å²) >= 11 is 11.1. The Balaban J connectivity index is 1.58. The lowest BCUT2D eigenvalue weighted by molar-refractivity contribution is 0.102. The van der Waals surface area contributed by atoms with Crippen molar-refractivity contribution in [1.29, 1.82) is 0 Å². The molecule has 28 heavy (non-hydrogen) atoms. The number of rotatable bonds is 4. The molecule has 0 spiro atoms. The maximum absolute atomic E-state index is 12.6. The van der Waals surface area contributed by atoms with Gasteiger partial charge in [0.1, 0.15) is 5.01 Å². The Morgan fingerprint density at radius 2 is 1.93 bits per heavy atom. The van der Waals surface area contributed by atoms with Crippen LogP contribution in [-0.4, -0.2) is 15.9 Å². The maximum atomic E-state index is 12.6. The summed E-state index contributed by atoms with van der Waals surface area (Å²) in [5, 5.41) is 6.19. The van der Waals surface area contributed by atoms with E-state index in [1.807, 2.05) is 41.8 Å². The monoisotopic (exact) mass is 469 g/mol. The van der Waals surface area contributed by atoms with Crippen molar-refractivity contribution in [3.8, 4) is 21.8 Å². The molecule has 0 fully saturated rings. The smallest absolute Gasteiger partial charge is 0.257 e. The normalized spacial score (nSPS) is 10.6. The zero-order chi connectivity index (χ0) is 19.5. The molecule has 2 aromatic carbocycles. The van der Waals surface area contributed by atoms with Gasteiger partial charge in [0.15, 0.2) is 0 Å². The topological polar surface area (TPSA) is 54.9 Å². The van der Waals surface area contributed by atoms with Gasteiger partial charge >= 0.3 is 0 Å². The average Bonchev–Trinajstić information content (AvgIpc) is 3.21. The fraction of sp³-hybridized carbons (Fsp3) is 0. The lowest BCUT2D eigenvalue weighted by Crippen LogP contribution is -2.12. The quantitative estimate of drug-likeness (QED) is 0.368. The van der Waals surface area contributed by atoms with Crippen LogP contribution in [0, 0.1) is 0 Å². The van der Waals surface area contributed by atoms with Crippen molar-refractivity contribution in [2.45, 2.75) is 0 Å². The average molecular weight is 471 g/mol. The number of nitrogens with zero attached hydrogens (tertiary/aromatic N) is 2. The van der Waals surface area contributed by atoms with E-state index in [0.717, 1.165) is 26.3 Å². The van der Waals surface area contributed by atoms with Crippen LogP contribution in [0.5, 0.6) is 0 Å². The predicted molar refractivity (Wildman–Crippen MR) is 118 cm³/mol. The van der Waals surface area contributed by atoms with Gasteiger partial charge in [-0.25, -0.2) is 4.98 Å². The molecule has 0 aliphatic carbocycles. The largest absolute Gasteiger partial charge is 0.322 e. The highest BCUT2D eigenvalue weighted by molar-refractivity contribution is 9.10. The summed E-state index contributed by atoms with van der Waals surface area (Å²) in [7, 11) is 0. The number of thiazole rings is 1. The standard InChI is InChI=1S/C21H13BrClN3OS/c22-15-6-7-18(23)17(10-15)20(27)25-16-5-1-3-13(9-16)19-12-28-21(26-19)14-4-2-8-24-11-14/h1-12H,(H,25,27). The summed E-state index contributed by atoms with van der Waals surface area (Å²) in [6, 6.07) is 16.6. The number of halogens is 2. The molecule has 4 nitrogen and oxygen atoms in total. The molecule has 0 aliphatic heterocycles. The van der Waals surface area contributed by atoms with Gasteiger partial charge in [0.05, 0.1) is 16.3 Å². The first kappa shape index (κ1) is 18.8. The van der Waals surface area contributed by atoms with Crippen molar-refractivity contribution in [3.63, 3.8) is 0 Å². The molecule has 2 aromatic heterocycles. The SMILES string of the molecule is O=C(Nc1cccc(-c2csc(-c3cccnc3)n2)c1)c1cc(Br)ccc1Cl. The fourth-order valence-corrected chi connectivity index (χ4v) is 4.04.